The number of aromatic nitrogens is 2. The van der Waals surface area contributed by atoms with Crippen molar-refractivity contribution in [3.8, 4) is 0 Å². The number of rotatable bonds is 2. The molecule has 2 amide bonds. The zero-order chi connectivity index (χ0) is 18.1. The number of imidazole rings is 1. The van der Waals surface area contributed by atoms with Gasteiger partial charge in [-0.1, -0.05) is 0 Å². The summed E-state index contributed by atoms with van der Waals surface area (Å²) >= 11 is 0. The molecule has 1 aromatic carbocycles. The summed E-state index contributed by atoms with van der Waals surface area (Å²) in [4.78, 5) is 36.7. The quantitative estimate of drug-likeness (QED) is 0.889. The van der Waals surface area contributed by atoms with Crippen LogP contribution in [0.3, 0.4) is 0 Å². The number of hydrogen-bond donors (Lipinski definition) is 1. The molecule has 2 fully saturated rings. The average Bonchev–Trinajstić information content (AvgIpc) is 3.06. The summed E-state index contributed by atoms with van der Waals surface area (Å²) in [7, 11) is 0. The number of H-pyrrole nitrogens is 1. The second kappa shape index (κ2) is 7.07. The number of aromatic amines is 1. The Labute approximate surface area is 152 Å². The Balaban J connectivity index is 1.47. The van der Waals surface area contributed by atoms with Crippen molar-refractivity contribution in [1.29, 1.82) is 0 Å². The van der Waals surface area contributed by atoms with Crippen molar-refractivity contribution in [3.63, 3.8) is 0 Å². The number of morpholine rings is 1. The molecule has 138 valence electrons. The Morgan fingerprint density at radius 2 is 1.96 bits per heavy atom. The fourth-order valence-corrected chi connectivity index (χ4v) is 3.75. The van der Waals surface area contributed by atoms with Crippen LogP contribution in [0, 0.1) is 6.92 Å². The number of carbonyl (C=O) groups excluding carboxylic acids is 2. The summed E-state index contributed by atoms with van der Waals surface area (Å²) in [6, 6.07) is 5.47. The van der Waals surface area contributed by atoms with E-state index in [0.29, 0.717) is 25.3 Å². The lowest BCUT2D eigenvalue weighted by Gasteiger charge is -2.36. The van der Waals surface area contributed by atoms with E-state index in [1.165, 1.54) is 6.42 Å². The molecule has 0 aliphatic carbocycles. The predicted octanol–water partition coefficient (Wildman–Crippen LogP) is 1.72. The second-order valence-electron chi connectivity index (χ2n) is 7.05. The lowest BCUT2D eigenvalue weighted by molar-refractivity contribution is -0.149. The van der Waals surface area contributed by atoms with Crippen molar-refractivity contribution < 1.29 is 14.3 Å². The van der Waals surface area contributed by atoms with Crippen LogP contribution in [0.25, 0.3) is 11.0 Å². The molecule has 2 aliphatic rings. The van der Waals surface area contributed by atoms with E-state index >= 15 is 0 Å². The number of carbonyl (C=O) groups is 2. The molecule has 26 heavy (non-hydrogen) atoms. The van der Waals surface area contributed by atoms with Gasteiger partial charge in [0.15, 0.2) is 6.10 Å². The first kappa shape index (κ1) is 17.0. The molecule has 7 heteroatoms. The molecule has 7 nitrogen and oxygen atoms in total. The Morgan fingerprint density at radius 3 is 2.77 bits per heavy atom. The third-order valence-electron chi connectivity index (χ3n) is 5.14. The Morgan fingerprint density at radius 1 is 1.15 bits per heavy atom. The van der Waals surface area contributed by atoms with E-state index in [4.69, 9.17) is 4.74 Å². The van der Waals surface area contributed by atoms with Crippen LogP contribution in [0.4, 0.5) is 0 Å². The number of likely N-dealkylation sites (tertiary alicyclic amines) is 1. The summed E-state index contributed by atoms with van der Waals surface area (Å²) in [5, 5.41) is 0. The maximum atomic E-state index is 12.9. The molecule has 3 heterocycles. The lowest BCUT2D eigenvalue weighted by atomic mass is 10.1. The fourth-order valence-electron chi connectivity index (χ4n) is 3.75. The van der Waals surface area contributed by atoms with Crippen LogP contribution in [0.2, 0.25) is 0 Å². The van der Waals surface area contributed by atoms with E-state index in [1.54, 1.807) is 11.0 Å². The SMILES string of the molecule is Cc1nc2ccc(C(=O)N3CCO[C@@H](C(=O)N4CCCCC4)C3)cc2[nH]1. The number of piperidine rings is 1. The number of aryl methyl sites for hydroxylation is 1. The fraction of sp³-hybridized carbons (Fsp3) is 0.526. The molecule has 0 spiro atoms. The van der Waals surface area contributed by atoms with Crippen molar-refractivity contribution >= 4 is 22.8 Å². The lowest BCUT2D eigenvalue weighted by Crippen LogP contribution is -2.53. The molecule has 0 bridgehead atoms. The molecular formula is C19H24N4O3. The first-order chi connectivity index (χ1) is 12.6. The van der Waals surface area contributed by atoms with Gasteiger partial charge in [-0.2, -0.15) is 0 Å². The summed E-state index contributed by atoms with van der Waals surface area (Å²) in [5.74, 6) is 0.768. The molecule has 2 saturated heterocycles. The maximum Gasteiger partial charge on any atom is 0.254 e. The highest BCUT2D eigenvalue weighted by atomic mass is 16.5. The van der Waals surface area contributed by atoms with Gasteiger partial charge in [-0.05, 0) is 44.4 Å². The molecule has 1 N–H and O–H groups in total. The number of nitrogens with zero attached hydrogens (tertiary/aromatic N) is 3. The van der Waals surface area contributed by atoms with Crippen LogP contribution in [-0.2, 0) is 9.53 Å². The highest BCUT2D eigenvalue weighted by molar-refractivity contribution is 5.97. The van der Waals surface area contributed by atoms with E-state index in [1.807, 2.05) is 24.0 Å². The van der Waals surface area contributed by atoms with Gasteiger partial charge in [0.05, 0.1) is 24.2 Å². The highest BCUT2D eigenvalue weighted by Crippen LogP contribution is 2.18. The Kier molecular flexibility index (Phi) is 4.63. The van der Waals surface area contributed by atoms with Gasteiger partial charge in [0, 0.05) is 25.2 Å². The third kappa shape index (κ3) is 3.31. The molecule has 4 rings (SSSR count). The van der Waals surface area contributed by atoms with Gasteiger partial charge < -0.3 is 19.5 Å². The molecule has 0 unspecified atom stereocenters. The van der Waals surface area contributed by atoms with Gasteiger partial charge in [0.1, 0.15) is 5.82 Å². The smallest absolute Gasteiger partial charge is 0.254 e. The molecule has 1 atom stereocenters. The van der Waals surface area contributed by atoms with Crippen LogP contribution in [0.15, 0.2) is 18.2 Å². The molecule has 0 saturated carbocycles. The minimum absolute atomic E-state index is 0.0156. The number of hydrogen-bond acceptors (Lipinski definition) is 4. The van der Waals surface area contributed by atoms with Gasteiger partial charge in [-0.15, -0.1) is 0 Å². The average molecular weight is 356 g/mol. The van der Waals surface area contributed by atoms with Gasteiger partial charge >= 0.3 is 0 Å². The van der Waals surface area contributed by atoms with Gasteiger partial charge in [0.2, 0.25) is 0 Å². The van der Waals surface area contributed by atoms with Gasteiger partial charge in [-0.25, -0.2) is 4.98 Å². The van der Waals surface area contributed by atoms with Gasteiger partial charge in [-0.3, -0.25) is 9.59 Å². The van der Waals surface area contributed by atoms with Crippen molar-refractivity contribution in [2.45, 2.75) is 32.3 Å². The van der Waals surface area contributed by atoms with Crippen LogP contribution in [0.1, 0.15) is 35.4 Å². The van der Waals surface area contributed by atoms with E-state index in [-0.39, 0.29) is 11.8 Å². The first-order valence-electron chi connectivity index (χ1n) is 9.28. The van der Waals surface area contributed by atoms with Gasteiger partial charge in [0.25, 0.3) is 11.8 Å². The Hall–Kier alpha value is -2.41. The highest BCUT2D eigenvalue weighted by Gasteiger charge is 2.33. The van der Waals surface area contributed by atoms with Crippen molar-refractivity contribution in [3.05, 3.63) is 29.6 Å². The number of nitrogens with one attached hydrogen (secondary N) is 1. The first-order valence-corrected chi connectivity index (χ1v) is 9.28. The normalized spacial score (nSPS) is 21.2. The summed E-state index contributed by atoms with van der Waals surface area (Å²) in [6.45, 7) is 4.68. The van der Waals surface area contributed by atoms with Crippen LogP contribution in [-0.4, -0.2) is 70.5 Å². The van der Waals surface area contributed by atoms with E-state index < -0.39 is 6.10 Å². The Bertz CT molecular complexity index is 825. The minimum Gasteiger partial charge on any atom is -0.365 e. The molecule has 1 aromatic heterocycles. The van der Waals surface area contributed by atoms with Crippen molar-refractivity contribution in [1.82, 2.24) is 19.8 Å². The van der Waals surface area contributed by atoms with E-state index in [0.717, 1.165) is 42.8 Å². The van der Waals surface area contributed by atoms with Crippen LogP contribution >= 0.6 is 0 Å². The van der Waals surface area contributed by atoms with Crippen molar-refractivity contribution in [2.75, 3.05) is 32.8 Å². The maximum absolute atomic E-state index is 12.9. The third-order valence-corrected chi connectivity index (χ3v) is 5.14. The number of amides is 2. The number of fused-ring (bicyclic) bond motifs is 1. The minimum atomic E-state index is -0.552. The zero-order valence-electron chi connectivity index (χ0n) is 15.0. The van der Waals surface area contributed by atoms with E-state index in [9.17, 15) is 9.59 Å². The van der Waals surface area contributed by atoms with Crippen LogP contribution < -0.4 is 0 Å². The topological polar surface area (TPSA) is 78.5 Å². The molecular weight excluding hydrogens is 332 g/mol. The number of ether oxygens (including phenoxy) is 1. The zero-order valence-corrected chi connectivity index (χ0v) is 15.0. The largest absolute Gasteiger partial charge is 0.365 e. The monoisotopic (exact) mass is 356 g/mol. The summed E-state index contributed by atoms with van der Waals surface area (Å²) < 4.78 is 5.68. The molecule has 0 radical (unpaired) electrons. The summed E-state index contributed by atoms with van der Waals surface area (Å²) in [5.41, 5.74) is 2.30. The molecule has 2 aromatic rings. The predicted molar refractivity (Wildman–Crippen MR) is 96.9 cm³/mol. The summed E-state index contributed by atoms with van der Waals surface area (Å²) in [6.07, 6.45) is 2.72. The van der Waals surface area contributed by atoms with E-state index in [2.05, 4.69) is 9.97 Å². The van der Waals surface area contributed by atoms with Crippen LogP contribution in [0.5, 0.6) is 0 Å². The number of benzene rings is 1. The standard InChI is InChI=1S/C19H24N4O3/c1-13-20-15-6-5-14(11-16(15)21-13)18(24)23-9-10-26-17(12-23)19(25)22-7-3-2-4-8-22/h5-6,11,17H,2-4,7-10,12H2,1H3,(H,20,21)/t17-/m1/s1. The second-order valence-corrected chi connectivity index (χ2v) is 7.05. The molecule has 2 aliphatic heterocycles. The van der Waals surface area contributed by atoms with Crippen molar-refractivity contribution in [2.24, 2.45) is 0 Å².